The van der Waals surface area contributed by atoms with Gasteiger partial charge in [-0.05, 0) is 18.2 Å². The van der Waals surface area contributed by atoms with Gasteiger partial charge in [0.05, 0.1) is 10.7 Å². The zero-order chi connectivity index (χ0) is 14.1. The average Bonchev–Trinajstić information content (AvgIpc) is 2.51. The molecule has 3 rings (SSSR count). The van der Waals surface area contributed by atoms with Gasteiger partial charge in [-0.1, -0.05) is 41.9 Å². The number of halogens is 2. The lowest BCUT2D eigenvalue weighted by Crippen LogP contribution is -1.96. The summed E-state index contributed by atoms with van der Waals surface area (Å²) in [4.78, 5) is 4.42. The minimum absolute atomic E-state index is 0.281. The molecule has 0 atom stereocenters. The van der Waals surface area contributed by atoms with Gasteiger partial charge >= 0.3 is 0 Å². The largest absolute Gasteiger partial charge is 0.387 e. The van der Waals surface area contributed by atoms with E-state index in [0.29, 0.717) is 16.1 Å². The molecule has 0 aliphatic heterocycles. The third kappa shape index (κ3) is 2.10. The minimum atomic E-state index is -0.376. The van der Waals surface area contributed by atoms with E-state index in [0.717, 1.165) is 11.3 Å². The predicted octanol–water partition coefficient (Wildman–Crippen LogP) is 4.74. The Morgan fingerprint density at radius 1 is 1.10 bits per heavy atom. The maximum absolute atomic E-state index is 14.0. The van der Waals surface area contributed by atoms with Crippen molar-refractivity contribution in [3.8, 4) is 11.3 Å². The molecule has 0 saturated heterocycles. The molecular formula is C16H12ClFN2. The average molecular weight is 287 g/mol. The van der Waals surface area contributed by atoms with E-state index in [1.54, 1.807) is 13.1 Å². The zero-order valence-electron chi connectivity index (χ0n) is 10.8. The topological polar surface area (TPSA) is 24.9 Å². The smallest absolute Gasteiger partial charge is 0.149 e. The molecule has 1 N–H and O–H groups in total. The first-order chi connectivity index (χ1) is 9.70. The molecule has 0 radical (unpaired) electrons. The highest BCUT2D eigenvalue weighted by Crippen LogP contribution is 2.34. The van der Waals surface area contributed by atoms with Crippen molar-refractivity contribution >= 4 is 28.2 Å². The molecule has 0 bridgehead atoms. The molecule has 0 amide bonds. The van der Waals surface area contributed by atoms with E-state index in [9.17, 15) is 4.39 Å². The second-order valence-corrected chi connectivity index (χ2v) is 4.83. The fourth-order valence-electron chi connectivity index (χ4n) is 2.22. The normalized spacial score (nSPS) is 10.8. The molecule has 0 saturated carbocycles. The molecule has 2 aromatic carbocycles. The van der Waals surface area contributed by atoms with Crippen molar-refractivity contribution in [2.75, 3.05) is 12.4 Å². The number of aromatic nitrogens is 1. The molecule has 3 aromatic rings. The van der Waals surface area contributed by atoms with E-state index in [2.05, 4.69) is 10.3 Å². The van der Waals surface area contributed by atoms with Crippen LogP contribution in [0, 0.1) is 5.82 Å². The summed E-state index contributed by atoms with van der Waals surface area (Å²) in [6.07, 6.45) is 0. The first kappa shape index (κ1) is 12.9. The van der Waals surface area contributed by atoms with Gasteiger partial charge in [0.15, 0.2) is 0 Å². The number of fused-ring (bicyclic) bond motifs is 1. The Hall–Kier alpha value is -2.13. The SMILES string of the molecule is CNc1cc(-c2ccccc2)nc2c(F)ccc(Cl)c12. The van der Waals surface area contributed by atoms with Crippen LogP contribution in [0.1, 0.15) is 0 Å². The summed E-state index contributed by atoms with van der Waals surface area (Å²) in [5.41, 5.74) is 2.69. The van der Waals surface area contributed by atoms with E-state index < -0.39 is 0 Å². The summed E-state index contributed by atoms with van der Waals surface area (Å²) >= 11 is 6.16. The van der Waals surface area contributed by atoms with E-state index in [4.69, 9.17) is 11.6 Å². The third-order valence-electron chi connectivity index (χ3n) is 3.20. The Kier molecular flexibility index (Phi) is 3.28. The number of pyridine rings is 1. The molecule has 0 fully saturated rings. The second-order valence-electron chi connectivity index (χ2n) is 4.42. The van der Waals surface area contributed by atoms with Crippen LogP contribution >= 0.6 is 11.6 Å². The Morgan fingerprint density at radius 3 is 2.55 bits per heavy atom. The van der Waals surface area contributed by atoms with E-state index in [-0.39, 0.29) is 11.3 Å². The Balaban J connectivity index is 2.35. The number of nitrogens with one attached hydrogen (secondary N) is 1. The molecule has 100 valence electrons. The molecule has 0 spiro atoms. The van der Waals surface area contributed by atoms with Crippen molar-refractivity contribution in [3.05, 3.63) is 59.4 Å². The summed E-state index contributed by atoms with van der Waals surface area (Å²) < 4.78 is 14.0. The van der Waals surface area contributed by atoms with E-state index in [1.165, 1.54) is 6.07 Å². The van der Waals surface area contributed by atoms with Gasteiger partial charge in [-0.25, -0.2) is 9.37 Å². The van der Waals surface area contributed by atoms with Crippen molar-refractivity contribution in [3.63, 3.8) is 0 Å². The predicted molar refractivity (Wildman–Crippen MR) is 81.7 cm³/mol. The lowest BCUT2D eigenvalue weighted by molar-refractivity contribution is 0.637. The van der Waals surface area contributed by atoms with Gasteiger partial charge in [0.25, 0.3) is 0 Å². The highest BCUT2D eigenvalue weighted by molar-refractivity contribution is 6.36. The van der Waals surface area contributed by atoms with Crippen LogP contribution in [0.3, 0.4) is 0 Å². The first-order valence-corrected chi connectivity index (χ1v) is 6.60. The maximum atomic E-state index is 14.0. The van der Waals surface area contributed by atoms with Crippen LogP contribution < -0.4 is 5.32 Å². The lowest BCUT2D eigenvalue weighted by atomic mass is 10.1. The minimum Gasteiger partial charge on any atom is -0.387 e. The third-order valence-corrected chi connectivity index (χ3v) is 3.51. The maximum Gasteiger partial charge on any atom is 0.149 e. The van der Waals surface area contributed by atoms with Crippen LogP contribution in [0.5, 0.6) is 0 Å². The van der Waals surface area contributed by atoms with Crippen LogP contribution in [-0.4, -0.2) is 12.0 Å². The fraction of sp³-hybridized carbons (Fsp3) is 0.0625. The molecular weight excluding hydrogens is 275 g/mol. The summed E-state index contributed by atoms with van der Waals surface area (Å²) in [7, 11) is 1.78. The number of nitrogens with zero attached hydrogens (tertiary/aromatic N) is 1. The molecule has 1 aromatic heterocycles. The van der Waals surface area contributed by atoms with Crippen molar-refractivity contribution in [1.82, 2.24) is 4.98 Å². The number of hydrogen-bond donors (Lipinski definition) is 1. The van der Waals surface area contributed by atoms with Gasteiger partial charge < -0.3 is 5.32 Å². The number of anilines is 1. The van der Waals surface area contributed by atoms with Crippen molar-refractivity contribution in [2.24, 2.45) is 0 Å². The van der Waals surface area contributed by atoms with Crippen molar-refractivity contribution < 1.29 is 4.39 Å². The van der Waals surface area contributed by atoms with Gasteiger partial charge in [0, 0.05) is 23.7 Å². The number of rotatable bonds is 2. The van der Waals surface area contributed by atoms with Gasteiger partial charge in [-0.2, -0.15) is 0 Å². The number of benzene rings is 2. The summed E-state index contributed by atoms with van der Waals surface area (Å²) in [6, 6.07) is 14.4. The highest BCUT2D eigenvalue weighted by Gasteiger charge is 2.13. The van der Waals surface area contributed by atoms with Crippen LogP contribution in [-0.2, 0) is 0 Å². The van der Waals surface area contributed by atoms with Crippen LogP contribution in [0.15, 0.2) is 48.5 Å². The zero-order valence-corrected chi connectivity index (χ0v) is 11.6. The molecule has 20 heavy (non-hydrogen) atoms. The Morgan fingerprint density at radius 2 is 1.85 bits per heavy atom. The number of hydrogen-bond acceptors (Lipinski definition) is 2. The first-order valence-electron chi connectivity index (χ1n) is 6.22. The molecule has 4 heteroatoms. The standard InChI is InChI=1S/C16H12ClFN2/c1-19-14-9-13(10-5-3-2-4-6-10)20-16-12(18)8-7-11(17)15(14)16/h2-9H,1H3,(H,19,20). The lowest BCUT2D eigenvalue weighted by Gasteiger charge is -2.11. The molecule has 1 heterocycles. The monoisotopic (exact) mass is 286 g/mol. The molecule has 0 aliphatic rings. The van der Waals surface area contributed by atoms with Gasteiger partial charge in [0.2, 0.25) is 0 Å². The summed E-state index contributed by atoms with van der Waals surface area (Å²) in [5.74, 6) is -0.376. The Labute approximate surface area is 121 Å². The van der Waals surface area contributed by atoms with E-state index >= 15 is 0 Å². The van der Waals surface area contributed by atoms with Crippen LogP contribution in [0.4, 0.5) is 10.1 Å². The second kappa shape index (κ2) is 5.10. The summed E-state index contributed by atoms with van der Waals surface area (Å²) in [6.45, 7) is 0. The Bertz CT molecular complexity index is 772. The fourth-order valence-corrected chi connectivity index (χ4v) is 2.48. The summed E-state index contributed by atoms with van der Waals surface area (Å²) in [5, 5.41) is 4.15. The molecule has 0 aliphatic carbocycles. The van der Waals surface area contributed by atoms with Crippen molar-refractivity contribution in [1.29, 1.82) is 0 Å². The van der Waals surface area contributed by atoms with Crippen LogP contribution in [0.2, 0.25) is 5.02 Å². The van der Waals surface area contributed by atoms with Crippen molar-refractivity contribution in [2.45, 2.75) is 0 Å². The highest BCUT2D eigenvalue weighted by atomic mass is 35.5. The molecule has 0 unspecified atom stereocenters. The quantitative estimate of drug-likeness (QED) is 0.736. The van der Waals surface area contributed by atoms with Gasteiger partial charge in [0.1, 0.15) is 11.3 Å². The van der Waals surface area contributed by atoms with E-state index in [1.807, 2.05) is 36.4 Å². The van der Waals surface area contributed by atoms with Gasteiger partial charge in [-0.15, -0.1) is 0 Å². The molecule has 2 nitrogen and oxygen atoms in total. The van der Waals surface area contributed by atoms with Gasteiger partial charge in [-0.3, -0.25) is 0 Å². The van der Waals surface area contributed by atoms with Crippen LogP contribution in [0.25, 0.3) is 22.2 Å².